The summed E-state index contributed by atoms with van der Waals surface area (Å²) in [6.07, 6.45) is 0. The highest BCUT2D eigenvalue weighted by Crippen LogP contribution is 2.06. The highest BCUT2D eigenvalue weighted by molar-refractivity contribution is 5.87. The molecule has 2 rings (SSSR count). The zero-order valence-corrected chi connectivity index (χ0v) is 10.4. The van der Waals surface area contributed by atoms with Crippen LogP contribution in [0, 0.1) is 13.8 Å². The molecule has 0 aliphatic heterocycles. The van der Waals surface area contributed by atoms with Crippen molar-refractivity contribution in [3.8, 4) is 0 Å². The van der Waals surface area contributed by atoms with Crippen LogP contribution in [-0.4, -0.2) is 27.2 Å². The molecule has 6 nitrogen and oxygen atoms in total. The lowest BCUT2D eigenvalue weighted by atomic mass is 10.2. The number of hydrogen-bond donors (Lipinski definition) is 0. The maximum atomic E-state index is 11.8. The maximum Gasteiger partial charge on any atom is 0.357 e. The van der Waals surface area contributed by atoms with Crippen molar-refractivity contribution in [1.82, 2.24) is 14.6 Å². The summed E-state index contributed by atoms with van der Waals surface area (Å²) in [7, 11) is 0. The number of rotatable bonds is 2. The number of aromatic nitrogens is 3. The smallest absolute Gasteiger partial charge is 0.357 e. The third-order valence-corrected chi connectivity index (χ3v) is 2.57. The van der Waals surface area contributed by atoms with E-state index in [1.807, 2.05) is 6.92 Å². The molecule has 0 fully saturated rings. The standard InChI is InChI=1S/C12H13N3O3/c1-4-18-12(17)9-6-11(16)15-10(13-9)5-7(2)8(3)14-15/h5-6H,4H2,1-3H3. The van der Waals surface area contributed by atoms with Crippen LogP contribution < -0.4 is 5.56 Å². The number of carbonyl (C=O) groups excluding carboxylic acids is 1. The molecule has 0 radical (unpaired) electrons. The van der Waals surface area contributed by atoms with Gasteiger partial charge in [-0.25, -0.2) is 9.78 Å². The molecule has 2 heterocycles. The monoisotopic (exact) mass is 247 g/mol. The van der Waals surface area contributed by atoms with Gasteiger partial charge in [0, 0.05) is 6.07 Å². The molecule has 0 aliphatic rings. The van der Waals surface area contributed by atoms with Crippen LogP contribution in [0.25, 0.3) is 5.65 Å². The highest BCUT2D eigenvalue weighted by Gasteiger charge is 2.12. The molecule has 0 bridgehead atoms. The van der Waals surface area contributed by atoms with E-state index >= 15 is 0 Å². The molecule has 94 valence electrons. The third-order valence-electron chi connectivity index (χ3n) is 2.57. The zero-order valence-electron chi connectivity index (χ0n) is 10.4. The van der Waals surface area contributed by atoms with Gasteiger partial charge < -0.3 is 4.74 Å². The molecule has 6 heteroatoms. The average molecular weight is 247 g/mol. The Morgan fingerprint density at radius 2 is 2.11 bits per heavy atom. The van der Waals surface area contributed by atoms with E-state index in [4.69, 9.17) is 4.74 Å². The van der Waals surface area contributed by atoms with Gasteiger partial charge in [0.1, 0.15) is 0 Å². The van der Waals surface area contributed by atoms with Gasteiger partial charge in [0.15, 0.2) is 11.3 Å². The number of aryl methyl sites for hydroxylation is 2. The molecule has 0 saturated heterocycles. The van der Waals surface area contributed by atoms with Crippen LogP contribution in [0.5, 0.6) is 0 Å². The van der Waals surface area contributed by atoms with Gasteiger partial charge >= 0.3 is 5.97 Å². The Morgan fingerprint density at radius 1 is 1.39 bits per heavy atom. The van der Waals surface area contributed by atoms with Gasteiger partial charge in [-0.2, -0.15) is 9.61 Å². The summed E-state index contributed by atoms with van der Waals surface area (Å²) in [5.74, 6) is -0.602. The Labute approximate surface area is 103 Å². The first-order valence-corrected chi connectivity index (χ1v) is 5.58. The normalized spacial score (nSPS) is 10.6. The van der Waals surface area contributed by atoms with E-state index in [-0.39, 0.29) is 12.3 Å². The van der Waals surface area contributed by atoms with Crippen LogP contribution in [0.4, 0.5) is 0 Å². The molecule has 0 unspecified atom stereocenters. The molecular weight excluding hydrogens is 234 g/mol. The second-order valence-corrected chi connectivity index (χ2v) is 3.88. The minimum absolute atomic E-state index is 0.00639. The van der Waals surface area contributed by atoms with E-state index in [0.717, 1.165) is 17.3 Å². The number of esters is 1. The number of carbonyl (C=O) groups is 1. The summed E-state index contributed by atoms with van der Waals surface area (Å²) in [6, 6.07) is 2.85. The molecule has 0 N–H and O–H groups in total. The van der Waals surface area contributed by atoms with E-state index in [2.05, 4.69) is 10.1 Å². The van der Waals surface area contributed by atoms with Crippen molar-refractivity contribution in [3.05, 3.63) is 39.4 Å². The average Bonchev–Trinajstić information content (AvgIpc) is 2.32. The summed E-state index contributed by atoms with van der Waals surface area (Å²) in [5.41, 5.74) is 1.60. The first-order chi connectivity index (χ1) is 8.52. The first-order valence-electron chi connectivity index (χ1n) is 5.58. The Bertz CT molecular complexity index is 676. The quantitative estimate of drug-likeness (QED) is 0.736. The number of ether oxygens (including phenoxy) is 1. The van der Waals surface area contributed by atoms with Gasteiger partial charge in [0.05, 0.1) is 12.3 Å². The SMILES string of the molecule is CCOC(=O)c1cc(=O)n2nc(C)c(C)cc2n1. The number of hydrogen-bond acceptors (Lipinski definition) is 5. The Morgan fingerprint density at radius 3 is 2.78 bits per heavy atom. The topological polar surface area (TPSA) is 73.6 Å². The molecule has 0 aromatic carbocycles. The molecule has 2 aromatic heterocycles. The fourth-order valence-corrected chi connectivity index (χ4v) is 1.52. The van der Waals surface area contributed by atoms with Crippen molar-refractivity contribution >= 4 is 11.6 Å². The lowest BCUT2D eigenvalue weighted by Gasteiger charge is -2.05. The number of nitrogens with zero attached hydrogens (tertiary/aromatic N) is 3. The molecule has 0 spiro atoms. The minimum atomic E-state index is -0.602. The van der Waals surface area contributed by atoms with Crippen molar-refractivity contribution in [2.75, 3.05) is 6.61 Å². The summed E-state index contributed by atoms with van der Waals surface area (Å²) < 4.78 is 5.99. The zero-order chi connectivity index (χ0) is 13.3. The molecule has 0 saturated carbocycles. The van der Waals surface area contributed by atoms with Crippen LogP contribution in [0.3, 0.4) is 0 Å². The van der Waals surface area contributed by atoms with Gasteiger partial charge in [-0.1, -0.05) is 0 Å². The molecular formula is C12H13N3O3. The van der Waals surface area contributed by atoms with E-state index in [9.17, 15) is 9.59 Å². The lowest BCUT2D eigenvalue weighted by molar-refractivity contribution is 0.0519. The molecule has 0 amide bonds. The lowest BCUT2D eigenvalue weighted by Crippen LogP contribution is -2.21. The van der Waals surface area contributed by atoms with Crippen LogP contribution in [-0.2, 0) is 4.74 Å². The van der Waals surface area contributed by atoms with Crippen LogP contribution in [0.2, 0.25) is 0 Å². The first kappa shape index (κ1) is 12.2. The molecule has 0 atom stereocenters. The Hall–Kier alpha value is -2.24. The highest BCUT2D eigenvalue weighted by atomic mass is 16.5. The summed E-state index contributed by atoms with van der Waals surface area (Å²) in [6.45, 7) is 5.61. The van der Waals surface area contributed by atoms with E-state index in [1.54, 1.807) is 19.9 Å². The van der Waals surface area contributed by atoms with Gasteiger partial charge in [0.25, 0.3) is 5.56 Å². The third kappa shape index (κ3) is 2.09. The van der Waals surface area contributed by atoms with Crippen molar-refractivity contribution in [3.63, 3.8) is 0 Å². The van der Waals surface area contributed by atoms with Crippen molar-refractivity contribution in [1.29, 1.82) is 0 Å². The van der Waals surface area contributed by atoms with Crippen molar-refractivity contribution < 1.29 is 9.53 Å². The molecule has 2 aromatic rings. The largest absolute Gasteiger partial charge is 0.461 e. The summed E-state index contributed by atoms with van der Waals surface area (Å²) in [5, 5.41) is 4.11. The maximum absolute atomic E-state index is 11.8. The minimum Gasteiger partial charge on any atom is -0.461 e. The van der Waals surface area contributed by atoms with Crippen LogP contribution in [0.1, 0.15) is 28.7 Å². The Balaban J connectivity index is 2.65. The van der Waals surface area contributed by atoms with E-state index in [1.165, 1.54) is 4.52 Å². The van der Waals surface area contributed by atoms with Gasteiger partial charge in [0.2, 0.25) is 0 Å². The van der Waals surface area contributed by atoms with Crippen LogP contribution >= 0.6 is 0 Å². The van der Waals surface area contributed by atoms with Crippen LogP contribution in [0.15, 0.2) is 16.9 Å². The van der Waals surface area contributed by atoms with Gasteiger partial charge in [-0.05, 0) is 32.4 Å². The summed E-state index contributed by atoms with van der Waals surface area (Å²) in [4.78, 5) is 27.4. The molecule has 18 heavy (non-hydrogen) atoms. The molecule has 0 aliphatic carbocycles. The second-order valence-electron chi connectivity index (χ2n) is 3.88. The predicted octanol–water partition coefficient (Wildman–Crippen LogP) is 0.883. The van der Waals surface area contributed by atoms with Gasteiger partial charge in [-0.15, -0.1) is 0 Å². The second kappa shape index (κ2) is 4.56. The Kier molecular flexibility index (Phi) is 3.10. The fourth-order valence-electron chi connectivity index (χ4n) is 1.52. The van der Waals surface area contributed by atoms with E-state index < -0.39 is 11.5 Å². The predicted molar refractivity (Wildman–Crippen MR) is 64.7 cm³/mol. The van der Waals surface area contributed by atoms with Crippen molar-refractivity contribution in [2.24, 2.45) is 0 Å². The summed E-state index contributed by atoms with van der Waals surface area (Å²) >= 11 is 0. The van der Waals surface area contributed by atoms with Crippen molar-refractivity contribution in [2.45, 2.75) is 20.8 Å². The van der Waals surface area contributed by atoms with Gasteiger partial charge in [-0.3, -0.25) is 4.79 Å². The van der Waals surface area contributed by atoms with E-state index in [0.29, 0.717) is 5.65 Å². The number of fused-ring (bicyclic) bond motifs is 1. The fraction of sp³-hybridized carbons (Fsp3) is 0.333.